The Bertz CT molecular complexity index is 1280. The number of ether oxygens (including phenoxy) is 1. The molecule has 0 N–H and O–H groups in total. The van der Waals surface area contributed by atoms with Crippen molar-refractivity contribution in [3.63, 3.8) is 0 Å². The molecule has 0 atom stereocenters. The number of carbonyl (C=O) groups is 1. The number of nitrogens with zero attached hydrogens (tertiary/aromatic N) is 4. The maximum Gasteiger partial charge on any atom is 0.418 e. The summed E-state index contributed by atoms with van der Waals surface area (Å²) in [6.07, 6.45) is -11.0. The fourth-order valence-corrected chi connectivity index (χ4v) is 2.92. The number of carbonyl (C=O) groups excluding carboxylic acids is 1. The highest BCUT2D eigenvalue weighted by molar-refractivity contribution is 5.95. The summed E-state index contributed by atoms with van der Waals surface area (Å²) in [5.41, 5.74) is -3.90. The molecule has 6 nitrogen and oxygen atoms in total. The molecule has 3 rings (SSSR count). The van der Waals surface area contributed by atoms with Crippen molar-refractivity contribution in [2.24, 2.45) is 0 Å². The van der Waals surface area contributed by atoms with E-state index in [9.17, 15) is 35.5 Å². The van der Waals surface area contributed by atoms with E-state index < -0.39 is 47.3 Å². The van der Waals surface area contributed by atoms with Gasteiger partial charge in [0.05, 0.1) is 36.9 Å². The number of halogens is 7. The number of rotatable bonds is 5. The van der Waals surface area contributed by atoms with Crippen LogP contribution in [0.2, 0.25) is 0 Å². The number of aromatic nitrogens is 3. The van der Waals surface area contributed by atoms with Gasteiger partial charge in [-0.1, -0.05) is 5.92 Å². The molecule has 3 aromatic rings. The zero-order valence-corrected chi connectivity index (χ0v) is 18.3. The summed E-state index contributed by atoms with van der Waals surface area (Å²) in [5, 5.41) is 7.50. The Labute approximate surface area is 199 Å². The van der Waals surface area contributed by atoms with Crippen LogP contribution in [0.5, 0.6) is 5.88 Å². The number of alkyl halides is 6. The maximum absolute atomic E-state index is 13.5. The fourth-order valence-electron chi connectivity index (χ4n) is 2.92. The van der Waals surface area contributed by atoms with Gasteiger partial charge < -0.3 is 9.64 Å². The van der Waals surface area contributed by atoms with Gasteiger partial charge in [0.2, 0.25) is 11.8 Å². The number of hydrogen-bond donors (Lipinski definition) is 0. The van der Waals surface area contributed by atoms with Gasteiger partial charge in [-0.25, -0.2) is 4.39 Å². The largest absolute Gasteiger partial charge is 0.480 e. The van der Waals surface area contributed by atoms with Crippen molar-refractivity contribution < 1.29 is 40.3 Å². The topological polar surface area (TPSA) is 68.2 Å². The molecule has 2 aromatic heterocycles. The van der Waals surface area contributed by atoms with E-state index in [1.165, 1.54) is 31.4 Å². The molecule has 0 saturated heterocycles. The standard InChI is InChI=1S/C23H15F7N4O2/c1-36-20-9-6-16(32-33-20)3-2-10-34(17-7-4-15(24)5-8-17)21(35)12-19-18(23(28,29)30)11-14(13-31-19)22(25,26)27/h4-9,11,13H,10,12H2,1H3. The predicted molar refractivity (Wildman–Crippen MR) is 112 cm³/mol. The van der Waals surface area contributed by atoms with Gasteiger partial charge in [-0.05, 0) is 42.3 Å². The minimum Gasteiger partial charge on any atom is -0.480 e. The molecule has 0 aliphatic carbocycles. The van der Waals surface area contributed by atoms with Gasteiger partial charge in [0, 0.05) is 18.0 Å². The van der Waals surface area contributed by atoms with Gasteiger partial charge in [-0.2, -0.15) is 26.3 Å². The van der Waals surface area contributed by atoms with E-state index in [1.807, 2.05) is 0 Å². The molecular formula is C23H15F7N4O2. The van der Waals surface area contributed by atoms with Crippen LogP contribution in [0.15, 0.2) is 48.7 Å². The summed E-state index contributed by atoms with van der Waals surface area (Å²) in [6, 6.07) is 7.31. The minimum atomic E-state index is -5.20. The van der Waals surface area contributed by atoms with Gasteiger partial charge >= 0.3 is 12.4 Å². The first-order valence-electron chi connectivity index (χ1n) is 9.94. The molecule has 0 radical (unpaired) electrons. The number of anilines is 1. The van der Waals surface area contributed by atoms with Crippen LogP contribution in [0.1, 0.15) is 22.5 Å². The molecule has 0 spiro atoms. The van der Waals surface area contributed by atoms with E-state index in [2.05, 4.69) is 27.0 Å². The molecule has 1 aromatic carbocycles. The van der Waals surface area contributed by atoms with Crippen LogP contribution in [0.4, 0.5) is 36.4 Å². The zero-order valence-electron chi connectivity index (χ0n) is 18.3. The molecule has 0 unspecified atom stereocenters. The molecule has 0 aliphatic rings. The van der Waals surface area contributed by atoms with Crippen molar-refractivity contribution in [2.45, 2.75) is 18.8 Å². The molecule has 0 bridgehead atoms. The third kappa shape index (κ3) is 6.68. The van der Waals surface area contributed by atoms with Gasteiger partial charge in [-0.15, -0.1) is 10.2 Å². The molecule has 13 heteroatoms. The van der Waals surface area contributed by atoms with Crippen LogP contribution < -0.4 is 9.64 Å². The Kier molecular flexibility index (Phi) is 7.77. The Hall–Kier alpha value is -4.21. The van der Waals surface area contributed by atoms with E-state index in [0.717, 1.165) is 17.0 Å². The number of pyridine rings is 1. The van der Waals surface area contributed by atoms with Crippen LogP contribution in [0.3, 0.4) is 0 Å². The minimum absolute atomic E-state index is 0.0944. The summed E-state index contributed by atoms with van der Waals surface area (Å²) in [6.45, 7) is -0.361. The van der Waals surface area contributed by atoms with Crippen molar-refractivity contribution in [3.8, 4) is 17.7 Å². The highest BCUT2D eigenvalue weighted by Gasteiger charge is 2.39. The third-order valence-electron chi connectivity index (χ3n) is 4.66. The van der Waals surface area contributed by atoms with Gasteiger partial charge in [0.1, 0.15) is 11.5 Å². The van der Waals surface area contributed by atoms with Gasteiger partial charge in [0.15, 0.2) is 0 Å². The maximum atomic E-state index is 13.5. The molecule has 188 valence electrons. The third-order valence-corrected chi connectivity index (χ3v) is 4.66. The lowest BCUT2D eigenvalue weighted by Gasteiger charge is -2.21. The predicted octanol–water partition coefficient (Wildman–Crippen LogP) is 4.68. The average molecular weight is 512 g/mol. The Morgan fingerprint density at radius 3 is 2.25 bits per heavy atom. The number of hydrogen-bond acceptors (Lipinski definition) is 5. The smallest absolute Gasteiger partial charge is 0.418 e. The van der Waals surface area contributed by atoms with Crippen LogP contribution in [0, 0.1) is 17.7 Å². The van der Waals surface area contributed by atoms with E-state index in [1.54, 1.807) is 0 Å². The molecular weight excluding hydrogens is 497 g/mol. The van der Waals surface area contributed by atoms with Gasteiger partial charge in [-0.3, -0.25) is 9.78 Å². The molecule has 2 heterocycles. The number of methoxy groups -OCH3 is 1. The Balaban J connectivity index is 1.92. The van der Waals surface area contributed by atoms with Gasteiger partial charge in [0.25, 0.3) is 0 Å². The second-order valence-electron chi connectivity index (χ2n) is 7.11. The van der Waals surface area contributed by atoms with Crippen molar-refractivity contribution in [3.05, 3.63) is 77.0 Å². The first-order chi connectivity index (χ1) is 16.9. The average Bonchev–Trinajstić information content (AvgIpc) is 2.82. The summed E-state index contributed by atoms with van der Waals surface area (Å²) in [4.78, 5) is 17.2. The Morgan fingerprint density at radius 1 is 1.00 bits per heavy atom. The normalized spacial score (nSPS) is 11.4. The second kappa shape index (κ2) is 10.6. The summed E-state index contributed by atoms with van der Waals surface area (Å²) >= 11 is 0. The van der Waals surface area contributed by atoms with Crippen molar-refractivity contribution in [2.75, 3.05) is 18.6 Å². The fraction of sp³-hybridized carbons (Fsp3) is 0.217. The SMILES string of the molecule is COc1ccc(C#CCN(C(=O)Cc2ncc(C(F)(F)F)cc2C(F)(F)F)c2ccc(F)cc2)nn1. The zero-order chi connectivity index (χ0) is 26.5. The van der Waals surface area contributed by atoms with E-state index in [0.29, 0.717) is 0 Å². The number of amides is 1. The molecule has 1 amide bonds. The van der Waals surface area contributed by atoms with Crippen LogP contribution in [-0.2, 0) is 23.6 Å². The molecule has 0 fully saturated rings. The van der Waals surface area contributed by atoms with Crippen LogP contribution in [0.25, 0.3) is 0 Å². The monoisotopic (exact) mass is 512 g/mol. The molecule has 36 heavy (non-hydrogen) atoms. The van der Waals surface area contributed by atoms with Crippen molar-refractivity contribution >= 4 is 11.6 Å². The first kappa shape index (κ1) is 26.4. The number of benzene rings is 1. The Morgan fingerprint density at radius 2 is 1.69 bits per heavy atom. The van der Waals surface area contributed by atoms with Crippen LogP contribution in [-0.4, -0.2) is 34.7 Å². The summed E-state index contributed by atoms with van der Waals surface area (Å²) < 4.78 is 97.4. The quantitative estimate of drug-likeness (QED) is 0.367. The van der Waals surface area contributed by atoms with E-state index in [4.69, 9.17) is 4.74 Å². The van der Waals surface area contributed by atoms with Crippen LogP contribution >= 0.6 is 0 Å². The molecule has 0 aliphatic heterocycles. The lowest BCUT2D eigenvalue weighted by molar-refractivity contribution is -0.143. The molecule has 0 saturated carbocycles. The van der Waals surface area contributed by atoms with E-state index in [-0.39, 0.29) is 36.1 Å². The lowest BCUT2D eigenvalue weighted by atomic mass is 10.1. The summed E-state index contributed by atoms with van der Waals surface area (Å²) in [7, 11) is 1.39. The van der Waals surface area contributed by atoms with Crippen molar-refractivity contribution in [1.29, 1.82) is 0 Å². The lowest BCUT2D eigenvalue weighted by Crippen LogP contribution is -2.33. The first-order valence-corrected chi connectivity index (χ1v) is 9.94. The highest BCUT2D eigenvalue weighted by Crippen LogP contribution is 2.36. The second-order valence-corrected chi connectivity index (χ2v) is 7.11. The van der Waals surface area contributed by atoms with Crippen molar-refractivity contribution in [1.82, 2.24) is 15.2 Å². The van der Waals surface area contributed by atoms with E-state index >= 15 is 0 Å². The highest BCUT2D eigenvalue weighted by atomic mass is 19.4. The summed E-state index contributed by atoms with van der Waals surface area (Å²) in [5.74, 6) is 3.87.